The number of hydrogen-bond acceptors (Lipinski definition) is 3. The highest BCUT2D eigenvalue weighted by Crippen LogP contribution is 2.24. The van der Waals surface area contributed by atoms with E-state index in [2.05, 4.69) is 33.6 Å². The summed E-state index contributed by atoms with van der Waals surface area (Å²) in [6.07, 6.45) is 2.80. The summed E-state index contributed by atoms with van der Waals surface area (Å²) in [6, 6.07) is 4.27. The van der Waals surface area contributed by atoms with Gasteiger partial charge in [-0.3, -0.25) is 14.6 Å². The van der Waals surface area contributed by atoms with Crippen molar-refractivity contribution in [2.75, 3.05) is 0 Å². The van der Waals surface area contributed by atoms with Crippen LogP contribution >= 0.6 is 12.2 Å². The fourth-order valence-corrected chi connectivity index (χ4v) is 2.12. The van der Waals surface area contributed by atoms with E-state index in [0.29, 0.717) is 10.8 Å². The van der Waals surface area contributed by atoms with E-state index in [1.165, 1.54) is 0 Å². The van der Waals surface area contributed by atoms with Crippen molar-refractivity contribution < 1.29 is 0 Å². The minimum atomic E-state index is 0.329. The molecular formula is C12H16N4S. The zero-order valence-corrected chi connectivity index (χ0v) is 11.1. The van der Waals surface area contributed by atoms with E-state index in [-0.39, 0.29) is 0 Å². The Kier molecular flexibility index (Phi) is 3.38. The van der Waals surface area contributed by atoms with Crippen molar-refractivity contribution in [1.29, 1.82) is 0 Å². The summed E-state index contributed by atoms with van der Waals surface area (Å²) in [7, 11) is 0. The molecule has 0 spiro atoms. The van der Waals surface area contributed by atoms with E-state index in [9.17, 15) is 0 Å². The van der Waals surface area contributed by atoms with Crippen LogP contribution in [0.25, 0.3) is 11.4 Å². The number of nitrogens with one attached hydrogen (secondary N) is 1. The Morgan fingerprint density at radius 2 is 2.29 bits per heavy atom. The summed E-state index contributed by atoms with van der Waals surface area (Å²) >= 11 is 5.28. The third-order valence-electron chi connectivity index (χ3n) is 2.98. The lowest BCUT2D eigenvalue weighted by molar-refractivity contribution is 0.528. The molecule has 0 fully saturated rings. The first-order valence-electron chi connectivity index (χ1n) is 5.74. The summed E-state index contributed by atoms with van der Waals surface area (Å²) < 4.78 is 2.72. The second-order valence-corrected chi connectivity index (χ2v) is 4.50. The van der Waals surface area contributed by atoms with Crippen LogP contribution in [0.1, 0.15) is 32.0 Å². The highest BCUT2D eigenvalue weighted by atomic mass is 32.1. The molecule has 0 aromatic carbocycles. The molecule has 2 heterocycles. The number of rotatable bonds is 3. The first-order chi connectivity index (χ1) is 8.15. The van der Waals surface area contributed by atoms with Gasteiger partial charge in [0.1, 0.15) is 0 Å². The molecule has 4 nitrogen and oxygen atoms in total. The molecule has 0 aliphatic rings. The highest BCUT2D eigenvalue weighted by molar-refractivity contribution is 7.71. The summed E-state index contributed by atoms with van der Waals surface area (Å²) in [5.74, 6) is 0.870. The molecule has 2 aromatic heterocycles. The standard InChI is InChI=1S/C12H16N4S/c1-4-8(2)16-11(14-15-12(16)17)10-6-5-7-13-9(10)3/h5-8H,4H2,1-3H3,(H,15,17). The molecule has 2 rings (SSSR count). The van der Waals surface area contributed by atoms with Gasteiger partial charge in [0.25, 0.3) is 0 Å². The Labute approximate surface area is 106 Å². The fraction of sp³-hybridized carbons (Fsp3) is 0.417. The molecule has 1 N–H and O–H groups in total. The van der Waals surface area contributed by atoms with Crippen LogP contribution < -0.4 is 0 Å². The minimum absolute atomic E-state index is 0.329. The third-order valence-corrected chi connectivity index (χ3v) is 3.27. The largest absolute Gasteiger partial charge is 0.297 e. The van der Waals surface area contributed by atoms with Gasteiger partial charge in [-0.15, -0.1) is 0 Å². The zero-order valence-electron chi connectivity index (χ0n) is 10.3. The van der Waals surface area contributed by atoms with Crippen molar-refractivity contribution in [2.45, 2.75) is 33.2 Å². The van der Waals surface area contributed by atoms with Gasteiger partial charge in [0.05, 0.1) is 0 Å². The lowest BCUT2D eigenvalue weighted by Crippen LogP contribution is -2.07. The topological polar surface area (TPSA) is 46.5 Å². The SMILES string of the molecule is CCC(C)n1c(-c2cccnc2C)n[nH]c1=S. The predicted molar refractivity (Wildman–Crippen MR) is 70.4 cm³/mol. The monoisotopic (exact) mass is 248 g/mol. The summed E-state index contributed by atoms with van der Waals surface area (Å²) in [6.45, 7) is 6.26. The van der Waals surface area contributed by atoms with Gasteiger partial charge in [0.2, 0.25) is 0 Å². The van der Waals surface area contributed by atoms with Gasteiger partial charge in [0.15, 0.2) is 10.6 Å². The number of aromatic nitrogens is 4. The van der Waals surface area contributed by atoms with Gasteiger partial charge in [-0.2, -0.15) is 5.10 Å². The van der Waals surface area contributed by atoms with Crippen LogP contribution in [-0.2, 0) is 0 Å². The minimum Gasteiger partial charge on any atom is -0.297 e. The maximum absolute atomic E-state index is 5.28. The van der Waals surface area contributed by atoms with Crippen LogP contribution in [0.4, 0.5) is 0 Å². The van der Waals surface area contributed by atoms with Crippen LogP contribution in [0, 0.1) is 11.7 Å². The predicted octanol–water partition coefficient (Wildman–Crippen LogP) is 3.28. The molecule has 0 saturated carbocycles. The van der Waals surface area contributed by atoms with Crippen molar-refractivity contribution in [3.05, 3.63) is 28.8 Å². The van der Waals surface area contributed by atoms with Crippen LogP contribution in [0.3, 0.4) is 0 Å². The van der Waals surface area contributed by atoms with Crippen molar-refractivity contribution in [2.24, 2.45) is 0 Å². The highest BCUT2D eigenvalue weighted by Gasteiger charge is 2.14. The van der Waals surface area contributed by atoms with Gasteiger partial charge in [-0.1, -0.05) is 6.92 Å². The van der Waals surface area contributed by atoms with Crippen molar-refractivity contribution in [1.82, 2.24) is 19.7 Å². The Balaban J connectivity index is 2.61. The van der Waals surface area contributed by atoms with Crippen molar-refractivity contribution in [3.8, 4) is 11.4 Å². The quantitative estimate of drug-likeness (QED) is 0.848. The lowest BCUT2D eigenvalue weighted by atomic mass is 10.1. The second kappa shape index (κ2) is 4.79. The smallest absolute Gasteiger partial charge is 0.195 e. The average molecular weight is 248 g/mol. The maximum atomic E-state index is 5.28. The Morgan fingerprint density at radius 1 is 1.53 bits per heavy atom. The molecule has 2 aromatic rings. The lowest BCUT2D eigenvalue weighted by Gasteiger charge is -2.14. The number of aryl methyl sites for hydroxylation is 1. The van der Waals surface area contributed by atoms with E-state index in [4.69, 9.17) is 12.2 Å². The van der Waals surface area contributed by atoms with Crippen LogP contribution in [0.2, 0.25) is 0 Å². The molecule has 0 radical (unpaired) electrons. The summed E-state index contributed by atoms with van der Waals surface area (Å²) in [4.78, 5) is 4.29. The number of H-pyrrole nitrogens is 1. The van der Waals surface area contributed by atoms with Crippen molar-refractivity contribution in [3.63, 3.8) is 0 Å². The number of hydrogen-bond donors (Lipinski definition) is 1. The fourth-order valence-electron chi connectivity index (χ4n) is 1.81. The zero-order chi connectivity index (χ0) is 12.4. The molecule has 0 aliphatic heterocycles. The van der Waals surface area contributed by atoms with Gasteiger partial charge < -0.3 is 0 Å². The summed E-state index contributed by atoms with van der Waals surface area (Å²) in [5, 5.41) is 7.19. The molecule has 0 amide bonds. The molecule has 1 unspecified atom stereocenters. The molecule has 0 aliphatic carbocycles. The van der Waals surface area contributed by atoms with Gasteiger partial charge in [0, 0.05) is 23.5 Å². The number of nitrogens with zero attached hydrogens (tertiary/aromatic N) is 3. The molecular weight excluding hydrogens is 232 g/mol. The van der Waals surface area contributed by atoms with Crippen molar-refractivity contribution >= 4 is 12.2 Å². The van der Waals surface area contributed by atoms with Gasteiger partial charge in [-0.25, -0.2) is 0 Å². The van der Waals surface area contributed by atoms with E-state index in [0.717, 1.165) is 23.5 Å². The van der Waals surface area contributed by atoms with Gasteiger partial charge in [-0.05, 0) is 44.6 Å². The first kappa shape index (κ1) is 12.0. The van der Waals surface area contributed by atoms with E-state index >= 15 is 0 Å². The average Bonchev–Trinajstić information content (AvgIpc) is 2.71. The van der Waals surface area contributed by atoms with E-state index in [1.54, 1.807) is 6.20 Å². The molecule has 90 valence electrons. The maximum Gasteiger partial charge on any atom is 0.195 e. The molecule has 1 atom stereocenters. The Bertz CT molecular complexity index is 570. The Morgan fingerprint density at radius 3 is 2.94 bits per heavy atom. The summed E-state index contributed by atoms with van der Waals surface area (Å²) in [5.41, 5.74) is 1.99. The van der Waals surface area contributed by atoms with E-state index < -0.39 is 0 Å². The normalized spacial score (nSPS) is 12.6. The van der Waals surface area contributed by atoms with Gasteiger partial charge >= 0.3 is 0 Å². The first-order valence-corrected chi connectivity index (χ1v) is 6.14. The molecule has 5 heteroatoms. The molecule has 17 heavy (non-hydrogen) atoms. The number of pyridine rings is 1. The third kappa shape index (κ3) is 2.15. The second-order valence-electron chi connectivity index (χ2n) is 4.12. The van der Waals surface area contributed by atoms with E-state index in [1.807, 2.05) is 19.1 Å². The van der Waals surface area contributed by atoms with Crippen LogP contribution in [-0.4, -0.2) is 19.7 Å². The van der Waals surface area contributed by atoms with Crippen LogP contribution in [0.15, 0.2) is 18.3 Å². The number of aromatic amines is 1. The Hall–Kier alpha value is -1.49. The molecule has 0 saturated heterocycles. The molecule has 0 bridgehead atoms. The van der Waals surface area contributed by atoms with Crippen LogP contribution in [0.5, 0.6) is 0 Å².